The van der Waals surface area contributed by atoms with Crippen LogP contribution in [0.2, 0.25) is 0 Å². The largest absolute Gasteiger partial charge is 0.373 e. The van der Waals surface area contributed by atoms with Gasteiger partial charge in [-0.3, -0.25) is 4.90 Å². The van der Waals surface area contributed by atoms with Crippen molar-refractivity contribution in [3.05, 3.63) is 0 Å². The Balaban J connectivity index is 1.97. The summed E-state index contributed by atoms with van der Waals surface area (Å²) in [5.74, 6) is 0.781. The third kappa shape index (κ3) is 2.10. The lowest BCUT2D eigenvalue weighted by atomic mass is 10.0. The number of nitrogens with one attached hydrogen (secondary N) is 1. The van der Waals surface area contributed by atoms with E-state index in [1.165, 1.54) is 6.54 Å². The van der Waals surface area contributed by atoms with Gasteiger partial charge in [0.2, 0.25) is 0 Å². The number of morpholine rings is 1. The van der Waals surface area contributed by atoms with Crippen molar-refractivity contribution in [2.45, 2.75) is 32.4 Å². The molecule has 2 aliphatic heterocycles. The monoisotopic (exact) mass is 198 g/mol. The first kappa shape index (κ1) is 10.4. The molecule has 2 saturated heterocycles. The summed E-state index contributed by atoms with van der Waals surface area (Å²) < 4.78 is 5.73. The van der Waals surface area contributed by atoms with E-state index in [-0.39, 0.29) is 5.60 Å². The van der Waals surface area contributed by atoms with Gasteiger partial charge in [0.25, 0.3) is 0 Å². The van der Waals surface area contributed by atoms with Crippen LogP contribution in [0.5, 0.6) is 0 Å². The molecule has 3 nitrogen and oxygen atoms in total. The highest BCUT2D eigenvalue weighted by atomic mass is 16.5. The molecule has 2 unspecified atom stereocenters. The molecule has 0 amide bonds. The highest BCUT2D eigenvalue weighted by molar-refractivity contribution is 4.90. The van der Waals surface area contributed by atoms with Gasteiger partial charge < -0.3 is 10.1 Å². The highest BCUT2D eigenvalue weighted by Crippen LogP contribution is 2.23. The van der Waals surface area contributed by atoms with Gasteiger partial charge in [-0.2, -0.15) is 0 Å². The lowest BCUT2D eigenvalue weighted by Crippen LogP contribution is -2.54. The summed E-state index contributed by atoms with van der Waals surface area (Å²) in [5.41, 5.74) is 0.0422. The first-order valence-corrected chi connectivity index (χ1v) is 5.67. The van der Waals surface area contributed by atoms with Crippen LogP contribution >= 0.6 is 0 Å². The van der Waals surface area contributed by atoms with Crippen LogP contribution in [0.25, 0.3) is 0 Å². The first-order chi connectivity index (χ1) is 6.58. The van der Waals surface area contributed by atoms with Gasteiger partial charge in [0.15, 0.2) is 0 Å². The van der Waals surface area contributed by atoms with Crippen LogP contribution in [0.3, 0.4) is 0 Å². The van der Waals surface area contributed by atoms with Crippen LogP contribution in [-0.2, 0) is 4.74 Å². The molecule has 2 aliphatic rings. The zero-order chi connectivity index (χ0) is 10.2. The number of hydrogen-bond donors (Lipinski definition) is 1. The lowest BCUT2D eigenvalue weighted by molar-refractivity contribution is -0.0984. The smallest absolute Gasteiger partial charge is 0.0753 e. The third-order valence-corrected chi connectivity index (χ3v) is 3.40. The summed E-state index contributed by atoms with van der Waals surface area (Å²) in [6.07, 6.45) is 0. The number of rotatable bonds is 1. The molecule has 82 valence electrons. The number of hydrogen-bond acceptors (Lipinski definition) is 3. The Bertz CT molecular complexity index is 205. The van der Waals surface area contributed by atoms with E-state index in [2.05, 4.69) is 31.0 Å². The predicted molar refractivity (Wildman–Crippen MR) is 57.4 cm³/mol. The van der Waals surface area contributed by atoms with Gasteiger partial charge in [-0.1, -0.05) is 6.92 Å². The van der Waals surface area contributed by atoms with E-state index < -0.39 is 0 Å². The topological polar surface area (TPSA) is 24.5 Å². The fourth-order valence-electron chi connectivity index (χ4n) is 2.62. The fraction of sp³-hybridized carbons (Fsp3) is 1.00. The molecular formula is C11H22N2O. The van der Waals surface area contributed by atoms with E-state index in [4.69, 9.17) is 4.74 Å². The maximum absolute atomic E-state index is 5.73. The Kier molecular flexibility index (Phi) is 2.82. The molecule has 2 heterocycles. The summed E-state index contributed by atoms with van der Waals surface area (Å²) in [4.78, 5) is 2.59. The molecule has 0 radical (unpaired) electrons. The number of nitrogens with zero attached hydrogens (tertiary/aromatic N) is 1. The van der Waals surface area contributed by atoms with E-state index >= 15 is 0 Å². The van der Waals surface area contributed by atoms with Gasteiger partial charge in [-0.25, -0.2) is 0 Å². The Hall–Kier alpha value is -0.120. The van der Waals surface area contributed by atoms with E-state index in [9.17, 15) is 0 Å². The second-order valence-electron chi connectivity index (χ2n) is 5.28. The number of ether oxygens (including phenoxy) is 1. The van der Waals surface area contributed by atoms with E-state index in [0.717, 1.165) is 38.2 Å². The average Bonchev–Trinajstić information content (AvgIpc) is 2.49. The molecule has 2 fully saturated rings. The SMILES string of the molecule is CC1CNCC1N1CCOC(C)(C)C1. The second kappa shape index (κ2) is 3.80. The fourth-order valence-corrected chi connectivity index (χ4v) is 2.62. The minimum Gasteiger partial charge on any atom is -0.373 e. The summed E-state index contributed by atoms with van der Waals surface area (Å²) >= 11 is 0. The van der Waals surface area contributed by atoms with Crippen LogP contribution in [0.15, 0.2) is 0 Å². The molecule has 0 saturated carbocycles. The van der Waals surface area contributed by atoms with Gasteiger partial charge in [0, 0.05) is 25.7 Å². The second-order valence-corrected chi connectivity index (χ2v) is 5.28. The minimum atomic E-state index is 0.0422. The quantitative estimate of drug-likeness (QED) is 0.671. The van der Waals surface area contributed by atoms with Gasteiger partial charge in [-0.15, -0.1) is 0 Å². The summed E-state index contributed by atoms with van der Waals surface area (Å²) in [6.45, 7) is 12.1. The molecular weight excluding hydrogens is 176 g/mol. The van der Waals surface area contributed by atoms with Crippen LogP contribution < -0.4 is 5.32 Å². The molecule has 0 aromatic heterocycles. The van der Waals surface area contributed by atoms with Crippen molar-refractivity contribution in [3.63, 3.8) is 0 Å². The van der Waals surface area contributed by atoms with Crippen molar-refractivity contribution in [1.29, 1.82) is 0 Å². The Morgan fingerprint density at radius 2 is 2.14 bits per heavy atom. The zero-order valence-corrected chi connectivity index (χ0v) is 9.55. The normalized spacial score (nSPS) is 38.8. The first-order valence-electron chi connectivity index (χ1n) is 5.67. The maximum Gasteiger partial charge on any atom is 0.0753 e. The molecule has 3 heteroatoms. The summed E-state index contributed by atoms with van der Waals surface area (Å²) in [7, 11) is 0. The van der Waals surface area contributed by atoms with Gasteiger partial charge >= 0.3 is 0 Å². The van der Waals surface area contributed by atoms with Crippen LogP contribution in [0.4, 0.5) is 0 Å². The molecule has 2 rings (SSSR count). The molecule has 0 aliphatic carbocycles. The predicted octanol–water partition coefficient (Wildman–Crippen LogP) is 0.705. The van der Waals surface area contributed by atoms with Crippen LogP contribution in [0, 0.1) is 5.92 Å². The zero-order valence-electron chi connectivity index (χ0n) is 9.55. The molecule has 0 bridgehead atoms. The minimum absolute atomic E-state index is 0.0422. The van der Waals surface area contributed by atoms with Crippen molar-refractivity contribution in [1.82, 2.24) is 10.2 Å². The molecule has 0 spiro atoms. The molecule has 0 aromatic carbocycles. The summed E-state index contributed by atoms with van der Waals surface area (Å²) in [6, 6.07) is 0.721. The molecule has 1 N–H and O–H groups in total. The van der Waals surface area contributed by atoms with E-state index in [1.54, 1.807) is 0 Å². The average molecular weight is 198 g/mol. The molecule has 14 heavy (non-hydrogen) atoms. The van der Waals surface area contributed by atoms with E-state index in [0.29, 0.717) is 0 Å². The lowest BCUT2D eigenvalue weighted by Gasteiger charge is -2.42. The van der Waals surface area contributed by atoms with Crippen molar-refractivity contribution >= 4 is 0 Å². The van der Waals surface area contributed by atoms with Gasteiger partial charge in [0.05, 0.1) is 12.2 Å². The van der Waals surface area contributed by atoms with Crippen molar-refractivity contribution in [2.24, 2.45) is 5.92 Å². The van der Waals surface area contributed by atoms with Crippen molar-refractivity contribution in [3.8, 4) is 0 Å². The summed E-state index contributed by atoms with van der Waals surface area (Å²) in [5, 5.41) is 3.46. The van der Waals surface area contributed by atoms with Crippen LogP contribution in [-0.4, -0.2) is 49.3 Å². The third-order valence-electron chi connectivity index (χ3n) is 3.40. The van der Waals surface area contributed by atoms with Crippen LogP contribution in [0.1, 0.15) is 20.8 Å². The Morgan fingerprint density at radius 1 is 1.36 bits per heavy atom. The Morgan fingerprint density at radius 3 is 2.71 bits per heavy atom. The maximum atomic E-state index is 5.73. The van der Waals surface area contributed by atoms with Gasteiger partial charge in [-0.05, 0) is 26.3 Å². The molecule has 0 aromatic rings. The van der Waals surface area contributed by atoms with E-state index in [1.807, 2.05) is 0 Å². The Labute approximate surface area is 86.8 Å². The van der Waals surface area contributed by atoms with Crippen molar-refractivity contribution in [2.75, 3.05) is 32.8 Å². The molecule has 2 atom stereocenters. The van der Waals surface area contributed by atoms with Crippen molar-refractivity contribution < 1.29 is 4.74 Å². The highest BCUT2D eigenvalue weighted by Gasteiger charge is 2.35. The standard InChI is InChI=1S/C11H22N2O/c1-9-6-12-7-10(9)13-4-5-14-11(2,3)8-13/h9-10,12H,4-8H2,1-3H3. The van der Waals surface area contributed by atoms with Gasteiger partial charge in [0.1, 0.15) is 0 Å².